The van der Waals surface area contributed by atoms with Crippen molar-refractivity contribution in [2.75, 3.05) is 27.2 Å². The standard InChI is InChI=1S/C26H32N6O/c1-27-26(31(2)19-24-28-18-23(30-24)21-9-5-3-6-10-21)29-17-20-11-13-22(14-12-20)25(33)32-15-7-4-8-16-32/h3,5-6,9-14,18H,4,7-8,15-17,19H2,1-2H3,(H,27,29)(H,28,30). The third kappa shape index (κ3) is 5.80. The van der Waals surface area contributed by atoms with Crippen molar-refractivity contribution in [3.05, 3.63) is 77.7 Å². The van der Waals surface area contributed by atoms with Crippen LogP contribution >= 0.6 is 0 Å². The Hall–Kier alpha value is -3.61. The molecule has 172 valence electrons. The first kappa shape index (κ1) is 22.6. The van der Waals surface area contributed by atoms with Crippen molar-refractivity contribution in [3.8, 4) is 11.3 Å². The lowest BCUT2D eigenvalue weighted by atomic mass is 10.1. The molecule has 3 aromatic rings. The number of likely N-dealkylation sites (tertiary alicyclic amines) is 1. The molecule has 1 amide bonds. The molecular weight excluding hydrogens is 412 g/mol. The van der Waals surface area contributed by atoms with Crippen LogP contribution in [0.3, 0.4) is 0 Å². The second-order valence-corrected chi connectivity index (χ2v) is 8.42. The fourth-order valence-electron chi connectivity index (χ4n) is 4.12. The molecule has 1 fully saturated rings. The molecule has 7 nitrogen and oxygen atoms in total. The minimum Gasteiger partial charge on any atom is -0.352 e. The molecule has 0 radical (unpaired) electrons. The van der Waals surface area contributed by atoms with Crippen LogP contribution in [0.15, 0.2) is 65.8 Å². The summed E-state index contributed by atoms with van der Waals surface area (Å²) in [5.74, 6) is 1.79. The van der Waals surface area contributed by atoms with Crippen molar-refractivity contribution >= 4 is 11.9 Å². The van der Waals surface area contributed by atoms with E-state index in [9.17, 15) is 4.79 Å². The molecule has 33 heavy (non-hydrogen) atoms. The minimum absolute atomic E-state index is 0.137. The Morgan fingerprint density at radius 2 is 1.82 bits per heavy atom. The van der Waals surface area contributed by atoms with E-state index in [0.717, 1.165) is 60.1 Å². The highest BCUT2D eigenvalue weighted by Gasteiger charge is 2.18. The summed E-state index contributed by atoms with van der Waals surface area (Å²) in [6, 6.07) is 18.0. The first-order valence-electron chi connectivity index (χ1n) is 11.5. The quantitative estimate of drug-likeness (QED) is 0.446. The highest BCUT2D eigenvalue weighted by molar-refractivity contribution is 5.94. The van der Waals surface area contributed by atoms with Gasteiger partial charge >= 0.3 is 0 Å². The van der Waals surface area contributed by atoms with Gasteiger partial charge in [-0.25, -0.2) is 4.98 Å². The average molecular weight is 445 g/mol. The van der Waals surface area contributed by atoms with E-state index < -0.39 is 0 Å². The van der Waals surface area contributed by atoms with Crippen LogP contribution in [0, 0.1) is 0 Å². The van der Waals surface area contributed by atoms with E-state index in [1.807, 2.05) is 65.5 Å². The Kier molecular flexibility index (Phi) is 7.40. The lowest BCUT2D eigenvalue weighted by molar-refractivity contribution is 0.0724. The van der Waals surface area contributed by atoms with Gasteiger partial charge in [0.2, 0.25) is 0 Å². The molecule has 1 aromatic heterocycles. The first-order chi connectivity index (χ1) is 16.1. The van der Waals surface area contributed by atoms with Gasteiger partial charge in [-0.05, 0) is 42.5 Å². The van der Waals surface area contributed by atoms with E-state index >= 15 is 0 Å². The molecule has 0 spiro atoms. The summed E-state index contributed by atoms with van der Waals surface area (Å²) in [5, 5.41) is 3.40. The zero-order valence-electron chi connectivity index (χ0n) is 19.4. The summed E-state index contributed by atoms with van der Waals surface area (Å²) < 4.78 is 0. The molecule has 0 saturated carbocycles. The van der Waals surface area contributed by atoms with Crippen LogP contribution in [-0.2, 0) is 13.1 Å². The maximum absolute atomic E-state index is 12.7. The summed E-state index contributed by atoms with van der Waals surface area (Å²) >= 11 is 0. The van der Waals surface area contributed by atoms with E-state index in [4.69, 9.17) is 0 Å². The number of aromatic amines is 1. The molecule has 0 unspecified atom stereocenters. The van der Waals surface area contributed by atoms with Crippen molar-refractivity contribution < 1.29 is 4.79 Å². The highest BCUT2D eigenvalue weighted by Crippen LogP contribution is 2.17. The summed E-state index contributed by atoms with van der Waals surface area (Å²) in [6.45, 7) is 2.97. The summed E-state index contributed by atoms with van der Waals surface area (Å²) in [6.07, 6.45) is 5.29. The van der Waals surface area contributed by atoms with Crippen molar-refractivity contribution in [1.82, 2.24) is 25.1 Å². The second-order valence-electron chi connectivity index (χ2n) is 8.42. The van der Waals surface area contributed by atoms with Gasteiger partial charge in [0.25, 0.3) is 5.91 Å². The lowest BCUT2D eigenvalue weighted by Gasteiger charge is -2.26. The summed E-state index contributed by atoms with van der Waals surface area (Å²) in [7, 11) is 3.76. The van der Waals surface area contributed by atoms with E-state index in [-0.39, 0.29) is 5.91 Å². The zero-order valence-corrected chi connectivity index (χ0v) is 19.4. The Morgan fingerprint density at radius 1 is 1.09 bits per heavy atom. The number of nitrogens with one attached hydrogen (secondary N) is 2. The molecule has 2 aromatic carbocycles. The number of carbonyl (C=O) groups excluding carboxylic acids is 1. The number of piperidine rings is 1. The van der Waals surface area contributed by atoms with Crippen molar-refractivity contribution in [2.45, 2.75) is 32.4 Å². The van der Waals surface area contributed by atoms with E-state index in [1.54, 1.807) is 7.05 Å². The molecule has 7 heteroatoms. The van der Waals surface area contributed by atoms with Gasteiger partial charge in [0.15, 0.2) is 5.96 Å². The molecule has 2 N–H and O–H groups in total. The Balaban J connectivity index is 1.31. The molecule has 0 bridgehead atoms. The van der Waals surface area contributed by atoms with Gasteiger partial charge in [-0.15, -0.1) is 0 Å². The van der Waals surface area contributed by atoms with Gasteiger partial charge in [-0.1, -0.05) is 42.5 Å². The van der Waals surface area contributed by atoms with Crippen molar-refractivity contribution in [2.24, 2.45) is 4.99 Å². The predicted octanol–water partition coefficient (Wildman–Crippen LogP) is 3.91. The van der Waals surface area contributed by atoms with E-state index in [2.05, 4.69) is 32.4 Å². The molecular formula is C26H32N6O. The maximum Gasteiger partial charge on any atom is 0.253 e. The Bertz CT molecular complexity index is 1070. The molecule has 0 aliphatic carbocycles. The SMILES string of the molecule is CN=C(NCc1ccc(C(=O)N2CCCCC2)cc1)N(C)Cc1ncc(-c2ccccc2)[nH]1. The number of guanidine groups is 1. The zero-order chi connectivity index (χ0) is 23.0. The largest absolute Gasteiger partial charge is 0.352 e. The fraction of sp³-hybridized carbons (Fsp3) is 0.346. The number of hydrogen-bond donors (Lipinski definition) is 2. The van der Waals surface area contributed by atoms with Gasteiger partial charge in [-0.3, -0.25) is 9.79 Å². The van der Waals surface area contributed by atoms with Crippen LogP contribution in [0.25, 0.3) is 11.3 Å². The number of imidazole rings is 1. The maximum atomic E-state index is 12.7. The van der Waals surface area contributed by atoms with Gasteiger partial charge in [0.1, 0.15) is 5.82 Å². The van der Waals surface area contributed by atoms with Crippen LogP contribution in [0.4, 0.5) is 0 Å². The van der Waals surface area contributed by atoms with Crippen LogP contribution in [0.2, 0.25) is 0 Å². The predicted molar refractivity (Wildman–Crippen MR) is 132 cm³/mol. The molecule has 2 heterocycles. The molecule has 1 aliphatic rings. The summed E-state index contributed by atoms with van der Waals surface area (Å²) in [5.41, 5.74) is 3.98. The lowest BCUT2D eigenvalue weighted by Crippen LogP contribution is -2.38. The fourth-order valence-corrected chi connectivity index (χ4v) is 4.12. The molecule has 4 rings (SSSR count). The van der Waals surface area contributed by atoms with Crippen molar-refractivity contribution in [3.63, 3.8) is 0 Å². The molecule has 1 aliphatic heterocycles. The summed E-state index contributed by atoms with van der Waals surface area (Å²) in [4.78, 5) is 28.9. The topological polar surface area (TPSA) is 76.6 Å². The van der Waals surface area contributed by atoms with Gasteiger partial charge in [0.05, 0.1) is 18.4 Å². The second kappa shape index (κ2) is 10.8. The molecule has 0 atom stereocenters. The number of carbonyl (C=O) groups is 1. The number of aliphatic imine (C=N–C) groups is 1. The number of H-pyrrole nitrogens is 1. The normalized spacial score (nSPS) is 14.2. The molecule has 1 saturated heterocycles. The van der Waals surface area contributed by atoms with Crippen LogP contribution < -0.4 is 5.32 Å². The number of amides is 1. The minimum atomic E-state index is 0.137. The van der Waals surface area contributed by atoms with Crippen LogP contribution in [0.5, 0.6) is 0 Å². The third-order valence-electron chi connectivity index (χ3n) is 5.97. The van der Waals surface area contributed by atoms with Gasteiger partial charge < -0.3 is 20.1 Å². The van der Waals surface area contributed by atoms with E-state index in [0.29, 0.717) is 13.1 Å². The number of rotatable bonds is 6. The third-order valence-corrected chi connectivity index (χ3v) is 5.97. The van der Waals surface area contributed by atoms with Crippen LogP contribution in [0.1, 0.15) is 41.0 Å². The Labute approximate surface area is 195 Å². The smallest absolute Gasteiger partial charge is 0.253 e. The number of benzene rings is 2. The van der Waals surface area contributed by atoms with Gasteiger partial charge in [0, 0.05) is 39.3 Å². The van der Waals surface area contributed by atoms with Crippen molar-refractivity contribution in [1.29, 1.82) is 0 Å². The number of aromatic nitrogens is 2. The number of hydrogen-bond acceptors (Lipinski definition) is 3. The highest BCUT2D eigenvalue weighted by atomic mass is 16.2. The number of nitrogens with zero attached hydrogens (tertiary/aromatic N) is 4. The first-order valence-corrected chi connectivity index (χ1v) is 11.5. The van der Waals surface area contributed by atoms with E-state index in [1.165, 1.54) is 6.42 Å². The van der Waals surface area contributed by atoms with Crippen LogP contribution in [-0.4, -0.2) is 58.8 Å². The monoisotopic (exact) mass is 444 g/mol. The average Bonchev–Trinajstić information content (AvgIpc) is 3.34. The Morgan fingerprint density at radius 3 is 2.52 bits per heavy atom. The van der Waals surface area contributed by atoms with Gasteiger partial charge in [-0.2, -0.15) is 0 Å².